The third kappa shape index (κ3) is 3.33. The summed E-state index contributed by atoms with van der Waals surface area (Å²) < 4.78 is 11.5. The number of furan rings is 1. The summed E-state index contributed by atoms with van der Waals surface area (Å²) in [6.07, 6.45) is 0.548. The summed E-state index contributed by atoms with van der Waals surface area (Å²) in [5.41, 5.74) is 2.70. The van der Waals surface area contributed by atoms with Crippen molar-refractivity contribution in [1.29, 1.82) is 0 Å². The van der Waals surface area contributed by atoms with Gasteiger partial charge in [0, 0.05) is 17.7 Å². The van der Waals surface area contributed by atoms with Crippen LogP contribution in [0, 0.1) is 0 Å². The van der Waals surface area contributed by atoms with Crippen LogP contribution in [0.5, 0.6) is 0 Å². The molecule has 0 atom stereocenters. The summed E-state index contributed by atoms with van der Waals surface area (Å²) in [7, 11) is 0. The van der Waals surface area contributed by atoms with Crippen LogP contribution in [0.1, 0.15) is 33.5 Å². The first-order valence-electron chi connectivity index (χ1n) is 8.92. The van der Waals surface area contributed by atoms with Gasteiger partial charge in [-0.2, -0.15) is 0 Å². The van der Waals surface area contributed by atoms with E-state index in [1.807, 2.05) is 24.3 Å². The molecule has 4 rings (SSSR count). The zero-order valence-corrected chi connectivity index (χ0v) is 16.7. The number of rotatable bonds is 3. The molecular formula is C21H17BrN2O4. The number of pyridine rings is 1. The minimum atomic E-state index is -0.487. The molecule has 0 saturated carbocycles. The number of para-hydroxylation sites is 1. The molecule has 0 fully saturated rings. The average Bonchev–Trinajstić information content (AvgIpc) is 3.06. The highest BCUT2D eigenvalue weighted by molar-refractivity contribution is 9.10. The Hall–Kier alpha value is -2.93. The highest BCUT2D eigenvalue weighted by Crippen LogP contribution is 2.38. The molecule has 3 heterocycles. The van der Waals surface area contributed by atoms with Gasteiger partial charge in [-0.05, 0) is 59.6 Å². The third-order valence-corrected chi connectivity index (χ3v) is 4.95. The Morgan fingerprint density at radius 1 is 1.21 bits per heavy atom. The number of carbonyl (C=O) groups is 2. The molecule has 0 unspecified atom stereocenters. The monoisotopic (exact) mass is 440 g/mol. The van der Waals surface area contributed by atoms with E-state index in [1.165, 1.54) is 0 Å². The van der Waals surface area contributed by atoms with Gasteiger partial charge in [-0.1, -0.05) is 18.2 Å². The van der Waals surface area contributed by atoms with Crippen LogP contribution in [-0.4, -0.2) is 30.0 Å². The van der Waals surface area contributed by atoms with Crippen molar-refractivity contribution < 1.29 is 18.7 Å². The van der Waals surface area contributed by atoms with Gasteiger partial charge in [-0.3, -0.25) is 4.79 Å². The van der Waals surface area contributed by atoms with Gasteiger partial charge in [-0.25, -0.2) is 9.78 Å². The number of carbonyl (C=O) groups excluding carboxylic acids is 2. The SMILES string of the molecule is CCOC(=O)c1cc2c(o1)-c1ccccc1N(C(=O)c1cccc(Br)n1)CC2. The standard InChI is InChI=1S/C21H17BrN2O4/c1-2-27-21(26)17-12-13-10-11-24(20(25)15-7-5-9-18(22)23-15)16-8-4-3-6-14(16)19(13)28-17/h3-9,12H,2,10-11H2,1H3. The van der Waals surface area contributed by atoms with Crippen LogP contribution in [-0.2, 0) is 11.2 Å². The van der Waals surface area contributed by atoms with Crippen molar-refractivity contribution in [3.63, 3.8) is 0 Å². The van der Waals surface area contributed by atoms with Crippen molar-refractivity contribution in [2.45, 2.75) is 13.3 Å². The lowest BCUT2D eigenvalue weighted by Crippen LogP contribution is -2.33. The molecule has 142 valence electrons. The number of benzene rings is 1. The molecule has 0 bridgehead atoms. The van der Waals surface area contributed by atoms with Crippen LogP contribution in [0.3, 0.4) is 0 Å². The van der Waals surface area contributed by atoms with Gasteiger partial charge in [0.25, 0.3) is 5.91 Å². The smallest absolute Gasteiger partial charge is 0.374 e. The van der Waals surface area contributed by atoms with Crippen molar-refractivity contribution in [2.24, 2.45) is 0 Å². The average molecular weight is 441 g/mol. The second-order valence-electron chi connectivity index (χ2n) is 6.25. The lowest BCUT2D eigenvalue weighted by atomic mass is 10.1. The maximum absolute atomic E-state index is 13.1. The predicted molar refractivity (Wildman–Crippen MR) is 107 cm³/mol. The van der Waals surface area contributed by atoms with Crippen LogP contribution in [0.2, 0.25) is 0 Å². The third-order valence-electron chi connectivity index (χ3n) is 4.51. The Bertz CT molecular complexity index is 1060. The number of hydrogen-bond acceptors (Lipinski definition) is 5. The molecule has 0 spiro atoms. The molecule has 2 aromatic heterocycles. The van der Waals surface area contributed by atoms with Gasteiger partial charge in [-0.15, -0.1) is 0 Å². The highest BCUT2D eigenvalue weighted by atomic mass is 79.9. The summed E-state index contributed by atoms with van der Waals surface area (Å²) in [5.74, 6) is 0.0927. The summed E-state index contributed by atoms with van der Waals surface area (Å²) in [4.78, 5) is 31.2. The van der Waals surface area contributed by atoms with Crippen molar-refractivity contribution in [1.82, 2.24) is 4.98 Å². The summed E-state index contributed by atoms with van der Waals surface area (Å²) >= 11 is 3.31. The molecule has 0 saturated heterocycles. The maximum atomic E-state index is 13.1. The van der Waals surface area contributed by atoms with E-state index >= 15 is 0 Å². The van der Waals surface area contributed by atoms with E-state index < -0.39 is 5.97 Å². The number of ether oxygens (including phenoxy) is 1. The Morgan fingerprint density at radius 3 is 2.82 bits per heavy atom. The minimum absolute atomic E-state index is 0.176. The summed E-state index contributed by atoms with van der Waals surface area (Å²) in [6.45, 7) is 2.47. The first kappa shape index (κ1) is 18.4. The number of aromatic nitrogens is 1. The fourth-order valence-corrected chi connectivity index (χ4v) is 3.62. The van der Waals surface area contributed by atoms with Gasteiger partial charge >= 0.3 is 5.97 Å². The zero-order chi connectivity index (χ0) is 19.7. The minimum Gasteiger partial charge on any atom is -0.460 e. The van der Waals surface area contributed by atoms with E-state index in [0.717, 1.165) is 16.8 Å². The number of nitrogens with zero attached hydrogens (tertiary/aromatic N) is 2. The van der Waals surface area contributed by atoms with Gasteiger partial charge in [0.15, 0.2) is 0 Å². The van der Waals surface area contributed by atoms with Gasteiger partial charge < -0.3 is 14.1 Å². The fourth-order valence-electron chi connectivity index (χ4n) is 3.28. The Balaban J connectivity index is 1.76. The zero-order valence-electron chi connectivity index (χ0n) is 15.1. The molecule has 3 aromatic rings. The quantitative estimate of drug-likeness (QED) is 0.443. The molecular weight excluding hydrogens is 424 g/mol. The number of esters is 1. The van der Waals surface area contributed by atoms with Crippen LogP contribution < -0.4 is 4.90 Å². The van der Waals surface area contributed by atoms with E-state index in [-0.39, 0.29) is 18.3 Å². The lowest BCUT2D eigenvalue weighted by molar-refractivity contribution is 0.0491. The molecule has 7 heteroatoms. The second-order valence-corrected chi connectivity index (χ2v) is 7.07. The molecule has 28 heavy (non-hydrogen) atoms. The maximum Gasteiger partial charge on any atom is 0.374 e. The topological polar surface area (TPSA) is 72.6 Å². The van der Waals surface area contributed by atoms with E-state index in [0.29, 0.717) is 29.0 Å². The summed E-state index contributed by atoms with van der Waals surface area (Å²) in [5, 5.41) is 0. The largest absolute Gasteiger partial charge is 0.460 e. The Labute approximate surface area is 170 Å². The van der Waals surface area contributed by atoms with Gasteiger partial charge in [0.1, 0.15) is 16.1 Å². The predicted octanol–water partition coefficient (Wildman–Crippen LogP) is 4.48. The van der Waals surface area contributed by atoms with E-state index in [4.69, 9.17) is 9.15 Å². The molecule has 0 radical (unpaired) electrons. The molecule has 1 aliphatic rings. The first-order chi connectivity index (χ1) is 13.6. The first-order valence-corrected chi connectivity index (χ1v) is 9.71. The molecule has 0 N–H and O–H groups in total. The highest BCUT2D eigenvalue weighted by Gasteiger charge is 2.29. The van der Waals surface area contributed by atoms with Crippen molar-refractivity contribution in [2.75, 3.05) is 18.1 Å². The van der Waals surface area contributed by atoms with E-state index in [9.17, 15) is 9.59 Å². The Morgan fingerprint density at radius 2 is 2.04 bits per heavy atom. The molecule has 1 aliphatic heterocycles. The number of fused-ring (bicyclic) bond motifs is 3. The second kappa shape index (κ2) is 7.59. The van der Waals surface area contributed by atoms with E-state index in [2.05, 4.69) is 20.9 Å². The number of halogens is 1. The van der Waals surface area contributed by atoms with Crippen molar-refractivity contribution >= 4 is 33.5 Å². The van der Waals surface area contributed by atoms with Gasteiger partial charge in [0.2, 0.25) is 5.76 Å². The molecule has 0 aliphatic carbocycles. The number of amides is 1. The fraction of sp³-hybridized carbons (Fsp3) is 0.190. The summed E-state index contributed by atoms with van der Waals surface area (Å²) in [6, 6.07) is 14.4. The lowest BCUT2D eigenvalue weighted by Gasteiger charge is -2.22. The normalized spacial score (nSPS) is 12.7. The van der Waals surface area contributed by atoms with E-state index in [1.54, 1.807) is 36.1 Å². The number of hydrogen-bond donors (Lipinski definition) is 0. The van der Waals surface area contributed by atoms with Crippen molar-refractivity contribution in [3.8, 4) is 11.3 Å². The van der Waals surface area contributed by atoms with Gasteiger partial charge in [0.05, 0.1) is 12.3 Å². The molecule has 1 amide bonds. The van der Waals surface area contributed by atoms with Crippen molar-refractivity contribution in [3.05, 3.63) is 70.2 Å². The van der Waals surface area contributed by atoms with Crippen LogP contribution >= 0.6 is 15.9 Å². The molecule has 1 aromatic carbocycles. The number of anilines is 1. The van der Waals surface area contributed by atoms with Crippen LogP contribution in [0.25, 0.3) is 11.3 Å². The van der Waals surface area contributed by atoms with Crippen LogP contribution in [0.15, 0.2) is 57.6 Å². The molecule has 6 nitrogen and oxygen atoms in total. The Kier molecular flexibility index (Phi) is 5.00. The van der Waals surface area contributed by atoms with Crippen LogP contribution in [0.4, 0.5) is 5.69 Å².